The first kappa shape index (κ1) is 11.9. The van der Waals surface area contributed by atoms with Crippen molar-refractivity contribution < 1.29 is 10.2 Å². The smallest absolute Gasteiger partial charge is 0.103 e. The molecule has 0 radical (unpaired) electrons. The summed E-state index contributed by atoms with van der Waals surface area (Å²) in [7, 11) is 2.28. The number of piperidine rings is 1. The van der Waals surface area contributed by atoms with Gasteiger partial charge in [-0.25, -0.2) is 0 Å². The molecule has 2 nitrogen and oxygen atoms in total. The van der Waals surface area contributed by atoms with Crippen LogP contribution >= 0.6 is 11.6 Å². The third kappa shape index (κ3) is 3.21. The zero-order chi connectivity index (χ0) is 11.4. The number of rotatable bonds is 3. The molecule has 0 spiro atoms. The van der Waals surface area contributed by atoms with E-state index in [1.165, 1.54) is 31.5 Å². The maximum absolute atomic E-state index is 6.14. The summed E-state index contributed by atoms with van der Waals surface area (Å²) in [6.07, 6.45) is 2.66. The Morgan fingerprint density at radius 2 is 2.00 bits per heavy atom. The number of hydrogen-bond acceptors (Lipinski definition) is 0. The first-order chi connectivity index (χ1) is 7.75. The molecule has 1 heterocycles. The van der Waals surface area contributed by atoms with Crippen LogP contribution in [0.2, 0.25) is 5.02 Å². The fraction of sp³-hybridized carbons (Fsp3) is 0.538. The van der Waals surface area contributed by atoms with Gasteiger partial charge in [0.2, 0.25) is 0 Å². The lowest BCUT2D eigenvalue weighted by Gasteiger charge is -2.25. The lowest BCUT2D eigenvalue weighted by Crippen LogP contribution is -3.12. The molecule has 0 atom stereocenters. The quantitative estimate of drug-likeness (QED) is 0.747. The molecule has 0 saturated carbocycles. The van der Waals surface area contributed by atoms with Gasteiger partial charge in [0, 0.05) is 23.4 Å². The summed E-state index contributed by atoms with van der Waals surface area (Å²) in [6.45, 7) is 3.64. The Bertz CT molecular complexity index is 332. The van der Waals surface area contributed by atoms with Crippen molar-refractivity contribution in [1.82, 2.24) is 0 Å². The first-order valence-corrected chi connectivity index (χ1v) is 6.51. The fourth-order valence-electron chi connectivity index (χ4n) is 2.33. The molecular weight excluding hydrogens is 220 g/mol. The molecular formula is C13H21ClN2+2. The standard InChI is InChI=1S/C13H19ClN2/c1-16-8-6-12(7-9-16)15-10-11-4-2-3-5-13(11)14/h2-5,12,15H,6-10H2,1H3/p+2. The highest BCUT2D eigenvalue weighted by atomic mass is 35.5. The highest BCUT2D eigenvalue weighted by molar-refractivity contribution is 6.31. The van der Waals surface area contributed by atoms with Crippen molar-refractivity contribution in [2.75, 3.05) is 20.1 Å². The van der Waals surface area contributed by atoms with Gasteiger partial charge in [-0.1, -0.05) is 29.8 Å². The number of quaternary nitrogens is 2. The number of hydrogen-bond donors (Lipinski definition) is 2. The summed E-state index contributed by atoms with van der Waals surface area (Å²) in [5.41, 5.74) is 1.26. The minimum Gasteiger partial charge on any atom is -0.340 e. The topological polar surface area (TPSA) is 21.1 Å². The van der Waals surface area contributed by atoms with Crippen LogP contribution in [0.5, 0.6) is 0 Å². The molecule has 88 valence electrons. The molecule has 16 heavy (non-hydrogen) atoms. The van der Waals surface area contributed by atoms with E-state index in [-0.39, 0.29) is 0 Å². The highest BCUT2D eigenvalue weighted by Crippen LogP contribution is 2.13. The Morgan fingerprint density at radius 3 is 2.69 bits per heavy atom. The number of benzene rings is 1. The zero-order valence-corrected chi connectivity index (χ0v) is 10.6. The molecule has 3 N–H and O–H groups in total. The maximum atomic E-state index is 6.14. The van der Waals surface area contributed by atoms with E-state index in [9.17, 15) is 0 Å². The molecule has 0 unspecified atom stereocenters. The Balaban J connectivity index is 1.81. The molecule has 0 bridgehead atoms. The predicted molar refractivity (Wildman–Crippen MR) is 66.7 cm³/mol. The minimum atomic E-state index is 0.792. The average Bonchev–Trinajstić information content (AvgIpc) is 2.30. The normalized spacial score (nSPS) is 25.6. The van der Waals surface area contributed by atoms with Crippen LogP contribution in [-0.2, 0) is 6.54 Å². The Hall–Kier alpha value is -0.570. The largest absolute Gasteiger partial charge is 0.340 e. The number of likely N-dealkylation sites (tertiary alicyclic amines) is 1. The summed E-state index contributed by atoms with van der Waals surface area (Å²) in [5.74, 6) is 0. The van der Waals surface area contributed by atoms with Gasteiger partial charge in [-0.3, -0.25) is 0 Å². The Morgan fingerprint density at radius 1 is 1.31 bits per heavy atom. The number of halogens is 1. The Labute approximate surface area is 103 Å². The van der Waals surface area contributed by atoms with Crippen LogP contribution in [0, 0.1) is 0 Å². The second kappa shape index (κ2) is 5.67. The van der Waals surface area contributed by atoms with Gasteiger partial charge >= 0.3 is 0 Å². The van der Waals surface area contributed by atoms with Crippen LogP contribution in [0.25, 0.3) is 0 Å². The third-order valence-electron chi connectivity index (χ3n) is 3.51. The van der Waals surface area contributed by atoms with E-state index in [0.717, 1.165) is 17.6 Å². The molecule has 1 aliphatic heterocycles. The van der Waals surface area contributed by atoms with Gasteiger partial charge in [0.25, 0.3) is 0 Å². The van der Waals surface area contributed by atoms with Crippen LogP contribution in [-0.4, -0.2) is 26.2 Å². The van der Waals surface area contributed by atoms with E-state index < -0.39 is 0 Å². The summed E-state index contributed by atoms with van der Waals surface area (Å²) >= 11 is 6.14. The molecule has 1 aromatic rings. The average molecular weight is 241 g/mol. The summed E-state index contributed by atoms with van der Waals surface area (Å²) in [4.78, 5) is 1.67. The van der Waals surface area contributed by atoms with E-state index in [2.05, 4.69) is 24.5 Å². The molecule has 0 amide bonds. The molecule has 0 aliphatic carbocycles. The maximum Gasteiger partial charge on any atom is 0.103 e. The lowest BCUT2D eigenvalue weighted by molar-refractivity contribution is -0.894. The van der Waals surface area contributed by atoms with E-state index in [1.807, 2.05) is 12.1 Å². The Kier molecular flexibility index (Phi) is 4.22. The van der Waals surface area contributed by atoms with E-state index >= 15 is 0 Å². The van der Waals surface area contributed by atoms with Crippen LogP contribution in [0.1, 0.15) is 18.4 Å². The van der Waals surface area contributed by atoms with E-state index in [4.69, 9.17) is 11.6 Å². The number of nitrogens with two attached hydrogens (primary N) is 1. The number of nitrogens with one attached hydrogen (secondary N) is 1. The SMILES string of the molecule is C[NH+]1CCC([NH2+]Cc2ccccc2Cl)CC1. The third-order valence-corrected chi connectivity index (χ3v) is 3.88. The van der Waals surface area contributed by atoms with Gasteiger partial charge < -0.3 is 10.2 Å². The molecule has 1 aliphatic rings. The van der Waals surface area contributed by atoms with Crippen LogP contribution in [0.4, 0.5) is 0 Å². The summed E-state index contributed by atoms with van der Waals surface area (Å²) in [5, 5.41) is 3.35. The second-order valence-corrected chi connectivity index (χ2v) is 5.23. The van der Waals surface area contributed by atoms with Crippen molar-refractivity contribution >= 4 is 11.6 Å². The second-order valence-electron chi connectivity index (χ2n) is 4.83. The highest BCUT2D eigenvalue weighted by Gasteiger charge is 2.21. The fourth-order valence-corrected chi connectivity index (χ4v) is 2.54. The lowest BCUT2D eigenvalue weighted by atomic mass is 10.1. The van der Waals surface area contributed by atoms with Gasteiger partial charge in [0.1, 0.15) is 6.54 Å². The van der Waals surface area contributed by atoms with Crippen molar-refractivity contribution in [2.45, 2.75) is 25.4 Å². The molecule has 3 heteroatoms. The van der Waals surface area contributed by atoms with Gasteiger partial charge in [0.15, 0.2) is 0 Å². The van der Waals surface area contributed by atoms with Crippen LogP contribution < -0.4 is 10.2 Å². The van der Waals surface area contributed by atoms with Crippen molar-refractivity contribution in [1.29, 1.82) is 0 Å². The summed E-state index contributed by atoms with van der Waals surface area (Å²) < 4.78 is 0. The van der Waals surface area contributed by atoms with Crippen LogP contribution in [0.15, 0.2) is 24.3 Å². The predicted octanol–water partition coefficient (Wildman–Crippen LogP) is 0.0805. The zero-order valence-electron chi connectivity index (χ0n) is 9.88. The van der Waals surface area contributed by atoms with Crippen LogP contribution in [0.3, 0.4) is 0 Å². The van der Waals surface area contributed by atoms with Crippen molar-refractivity contribution in [3.8, 4) is 0 Å². The van der Waals surface area contributed by atoms with Crippen molar-refractivity contribution in [2.24, 2.45) is 0 Å². The molecule has 1 aromatic carbocycles. The van der Waals surface area contributed by atoms with Gasteiger partial charge in [-0.2, -0.15) is 0 Å². The molecule has 1 fully saturated rings. The molecule has 1 saturated heterocycles. The minimum absolute atomic E-state index is 0.792. The van der Waals surface area contributed by atoms with E-state index in [0.29, 0.717) is 0 Å². The van der Waals surface area contributed by atoms with Crippen molar-refractivity contribution in [3.63, 3.8) is 0 Å². The first-order valence-electron chi connectivity index (χ1n) is 6.14. The molecule has 2 rings (SSSR count). The van der Waals surface area contributed by atoms with Crippen molar-refractivity contribution in [3.05, 3.63) is 34.9 Å². The van der Waals surface area contributed by atoms with Gasteiger partial charge in [0.05, 0.1) is 26.2 Å². The monoisotopic (exact) mass is 240 g/mol. The molecule has 0 aromatic heterocycles. The van der Waals surface area contributed by atoms with Gasteiger partial charge in [-0.15, -0.1) is 0 Å². The van der Waals surface area contributed by atoms with Gasteiger partial charge in [-0.05, 0) is 6.07 Å². The van der Waals surface area contributed by atoms with E-state index in [1.54, 1.807) is 4.90 Å². The summed E-state index contributed by atoms with van der Waals surface area (Å²) in [6, 6.07) is 8.95.